The van der Waals surface area contributed by atoms with Crippen molar-refractivity contribution in [2.75, 3.05) is 11.1 Å². The monoisotopic (exact) mass is 339 g/mol. The van der Waals surface area contributed by atoms with Crippen LogP contribution >= 0.6 is 11.3 Å². The van der Waals surface area contributed by atoms with Crippen LogP contribution in [0, 0.1) is 13.8 Å². The molecule has 24 heavy (non-hydrogen) atoms. The van der Waals surface area contributed by atoms with E-state index in [0.717, 1.165) is 40.0 Å². The second-order valence-corrected chi connectivity index (χ2v) is 7.02. The second-order valence-electron chi connectivity index (χ2n) is 6.02. The lowest BCUT2D eigenvalue weighted by molar-refractivity contribution is 0.103. The van der Waals surface area contributed by atoms with E-state index in [-0.39, 0.29) is 5.91 Å². The van der Waals surface area contributed by atoms with E-state index >= 15 is 0 Å². The van der Waals surface area contributed by atoms with Gasteiger partial charge in [0, 0.05) is 16.8 Å². The fraction of sp³-hybridized carbons (Fsp3) is 0.263. The summed E-state index contributed by atoms with van der Waals surface area (Å²) >= 11 is 1.35. The van der Waals surface area contributed by atoms with Crippen LogP contribution in [0.1, 0.15) is 39.8 Å². The standard InChI is InChI=1S/C19H21N3OS/c1-4-5-13-7-8-14-16(20)17(24-19(14)21-13)18(23)22-15-9-6-11(2)10-12(15)3/h6-10H,4-5,20H2,1-3H3,(H,22,23). The van der Waals surface area contributed by atoms with Crippen molar-refractivity contribution in [1.29, 1.82) is 0 Å². The molecule has 0 saturated carbocycles. The molecule has 0 bridgehead atoms. The number of nitrogens with two attached hydrogens (primary N) is 1. The number of benzene rings is 1. The Hall–Kier alpha value is -2.40. The molecular formula is C19H21N3OS. The van der Waals surface area contributed by atoms with E-state index in [1.807, 2.05) is 44.2 Å². The first-order chi connectivity index (χ1) is 11.5. The van der Waals surface area contributed by atoms with Crippen LogP contribution in [0.25, 0.3) is 10.2 Å². The molecule has 0 fully saturated rings. The molecule has 0 saturated heterocycles. The number of thiophene rings is 1. The van der Waals surface area contributed by atoms with Crippen molar-refractivity contribution in [2.24, 2.45) is 0 Å². The largest absolute Gasteiger partial charge is 0.397 e. The smallest absolute Gasteiger partial charge is 0.267 e. The van der Waals surface area contributed by atoms with Crippen LogP contribution in [-0.4, -0.2) is 10.9 Å². The number of anilines is 2. The van der Waals surface area contributed by atoms with Gasteiger partial charge in [-0.3, -0.25) is 4.79 Å². The van der Waals surface area contributed by atoms with Crippen LogP contribution < -0.4 is 11.1 Å². The first kappa shape index (κ1) is 16.5. The van der Waals surface area contributed by atoms with Gasteiger partial charge in [-0.05, 0) is 44.0 Å². The zero-order valence-corrected chi connectivity index (χ0v) is 15.0. The number of fused-ring (bicyclic) bond motifs is 1. The molecule has 0 aliphatic carbocycles. The Labute approximate surface area is 145 Å². The van der Waals surface area contributed by atoms with Crippen molar-refractivity contribution < 1.29 is 4.79 Å². The maximum atomic E-state index is 12.6. The first-order valence-electron chi connectivity index (χ1n) is 8.06. The minimum Gasteiger partial charge on any atom is -0.397 e. The number of pyridine rings is 1. The Morgan fingerprint density at radius 2 is 2.04 bits per heavy atom. The number of nitrogens with one attached hydrogen (secondary N) is 1. The van der Waals surface area contributed by atoms with Gasteiger partial charge in [0.05, 0.1) is 5.69 Å². The molecule has 0 unspecified atom stereocenters. The third kappa shape index (κ3) is 3.12. The molecule has 0 spiro atoms. The predicted octanol–water partition coefficient (Wildman–Crippen LogP) is 4.70. The summed E-state index contributed by atoms with van der Waals surface area (Å²) in [5.41, 5.74) is 10.7. The molecule has 2 aromatic heterocycles. The third-order valence-electron chi connectivity index (χ3n) is 3.99. The summed E-state index contributed by atoms with van der Waals surface area (Å²) in [5.74, 6) is -0.181. The van der Waals surface area contributed by atoms with Crippen LogP contribution in [0.2, 0.25) is 0 Å². The van der Waals surface area contributed by atoms with Crippen molar-refractivity contribution in [1.82, 2.24) is 4.98 Å². The van der Waals surface area contributed by atoms with Gasteiger partial charge in [0.2, 0.25) is 0 Å². The van der Waals surface area contributed by atoms with E-state index in [4.69, 9.17) is 5.73 Å². The molecule has 3 rings (SSSR count). The Kier molecular flexibility index (Phi) is 4.53. The molecule has 0 aliphatic heterocycles. The SMILES string of the molecule is CCCc1ccc2c(N)c(C(=O)Nc3ccc(C)cc3C)sc2n1. The highest BCUT2D eigenvalue weighted by atomic mass is 32.1. The summed E-state index contributed by atoms with van der Waals surface area (Å²) in [5, 5.41) is 3.81. The predicted molar refractivity (Wildman–Crippen MR) is 102 cm³/mol. The van der Waals surface area contributed by atoms with E-state index in [2.05, 4.69) is 17.2 Å². The van der Waals surface area contributed by atoms with Crippen LogP contribution in [0.4, 0.5) is 11.4 Å². The Bertz CT molecular complexity index is 914. The van der Waals surface area contributed by atoms with Crippen molar-refractivity contribution in [2.45, 2.75) is 33.6 Å². The van der Waals surface area contributed by atoms with E-state index < -0.39 is 0 Å². The van der Waals surface area contributed by atoms with Gasteiger partial charge >= 0.3 is 0 Å². The number of rotatable bonds is 4. The number of nitrogen functional groups attached to an aromatic ring is 1. The minimum absolute atomic E-state index is 0.181. The normalized spacial score (nSPS) is 11.0. The van der Waals surface area contributed by atoms with E-state index in [1.54, 1.807) is 0 Å². The lowest BCUT2D eigenvalue weighted by Crippen LogP contribution is -2.12. The summed E-state index contributed by atoms with van der Waals surface area (Å²) < 4.78 is 0. The number of amides is 1. The number of hydrogen-bond acceptors (Lipinski definition) is 4. The van der Waals surface area contributed by atoms with Crippen molar-refractivity contribution >= 4 is 38.8 Å². The number of nitrogens with zero attached hydrogens (tertiary/aromatic N) is 1. The second kappa shape index (κ2) is 6.61. The highest BCUT2D eigenvalue weighted by Gasteiger charge is 2.18. The van der Waals surface area contributed by atoms with E-state index in [1.165, 1.54) is 16.9 Å². The molecule has 0 radical (unpaired) electrons. The molecule has 5 heteroatoms. The van der Waals surface area contributed by atoms with Crippen LogP contribution in [0.3, 0.4) is 0 Å². The molecule has 4 nitrogen and oxygen atoms in total. The molecular weight excluding hydrogens is 318 g/mol. The Balaban J connectivity index is 1.93. The zero-order chi connectivity index (χ0) is 17.3. The van der Waals surface area contributed by atoms with E-state index in [9.17, 15) is 4.79 Å². The van der Waals surface area contributed by atoms with Gasteiger partial charge in [-0.2, -0.15) is 0 Å². The molecule has 1 aromatic carbocycles. The van der Waals surface area contributed by atoms with E-state index in [0.29, 0.717) is 10.6 Å². The molecule has 1 amide bonds. The highest BCUT2D eigenvalue weighted by molar-refractivity contribution is 7.21. The van der Waals surface area contributed by atoms with Gasteiger partial charge in [-0.25, -0.2) is 4.98 Å². The summed E-state index contributed by atoms with van der Waals surface area (Å²) in [4.78, 5) is 18.6. The van der Waals surface area contributed by atoms with Crippen molar-refractivity contribution in [3.8, 4) is 0 Å². The molecule has 3 aromatic rings. The van der Waals surface area contributed by atoms with Crippen LogP contribution in [0.5, 0.6) is 0 Å². The lowest BCUT2D eigenvalue weighted by atomic mass is 10.1. The van der Waals surface area contributed by atoms with Crippen LogP contribution in [0.15, 0.2) is 30.3 Å². The minimum atomic E-state index is -0.181. The highest BCUT2D eigenvalue weighted by Crippen LogP contribution is 2.33. The number of carbonyl (C=O) groups is 1. The number of aryl methyl sites for hydroxylation is 3. The summed E-state index contributed by atoms with van der Waals surface area (Å²) in [6.45, 7) is 6.13. The topological polar surface area (TPSA) is 68.0 Å². The maximum absolute atomic E-state index is 12.6. The number of carbonyl (C=O) groups excluding carboxylic acids is 1. The van der Waals surface area contributed by atoms with Gasteiger partial charge in [0.25, 0.3) is 5.91 Å². The van der Waals surface area contributed by atoms with Gasteiger partial charge < -0.3 is 11.1 Å². The quantitative estimate of drug-likeness (QED) is 0.724. The van der Waals surface area contributed by atoms with Gasteiger partial charge in [0.1, 0.15) is 9.71 Å². The molecule has 124 valence electrons. The first-order valence-corrected chi connectivity index (χ1v) is 8.87. The van der Waals surface area contributed by atoms with Crippen molar-refractivity contribution in [3.63, 3.8) is 0 Å². The maximum Gasteiger partial charge on any atom is 0.267 e. The number of aromatic nitrogens is 1. The number of hydrogen-bond donors (Lipinski definition) is 2. The average molecular weight is 339 g/mol. The summed E-state index contributed by atoms with van der Waals surface area (Å²) in [7, 11) is 0. The lowest BCUT2D eigenvalue weighted by Gasteiger charge is -2.08. The Morgan fingerprint density at radius 3 is 2.75 bits per heavy atom. The summed E-state index contributed by atoms with van der Waals surface area (Å²) in [6, 6.07) is 9.90. The molecule has 0 atom stereocenters. The molecule has 0 aliphatic rings. The molecule has 3 N–H and O–H groups in total. The van der Waals surface area contributed by atoms with Gasteiger partial charge in [-0.1, -0.05) is 31.0 Å². The van der Waals surface area contributed by atoms with Gasteiger partial charge in [0.15, 0.2) is 0 Å². The molecule has 2 heterocycles. The average Bonchev–Trinajstić information content (AvgIpc) is 2.87. The zero-order valence-electron chi connectivity index (χ0n) is 14.1. The Morgan fingerprint density at radius 1 is 1.25 bits per heavy atom. The van der Waals surface area contributed by atoms with Gasteiger partial charge in [-0.15, -0.1) is 11.3 Å². The fourth-order valence-electron chi connectivity index (χ4n) is 2.73. The summed E-state index contributed by atoms with van der Waals surface area (Å²) in [6.07, 6.45) is 1.97. The fourth-order valence-corrected chi connectivity index (χ4v) is 3.74. The van der Waals surface area contributed by atoms with Crippen molar-refractivity contribution in [3.05, 3.63) is 52.0 Å². The van der Waals surface area contributed by atoms with Crippen LogP contribution in [-0.2, 0) is 6.42 Å². The third-order valence-corrected chi connectivity index (χ3v) is 5.11.